The van der Waals surface area contributed by atoms with Crippen LogP contribution in [0.25, 0.3) is 11.6 Å². The molecule has 0 radical (unpaired) electrons. The van der Waals surface area contributed by atoms with E-state index in [1.807, 2.05) is 60.7 Å². The lowest BCUT2D eigenvalue weighted by molar-refractivity contribution is -0.148. The molecule has 0 saturated carbocycles. The maximum absolute atomic E-state index is 14.0. The summed E-state index contributed by atoms with van der Waals surface area (Å²) in [5.74, 6) is -1.72. The van der Waals surface area contributed by atoms with Gasteiger partial charge in [0.15, 0.2) is 21.3 Å². The zero-order valence-electron chi connectivity index (χ0n) is 20.5. The average molecular weight is 555 g/mol. The number of aromatic nitrogens is 1. The number of sulfone groups is 1. The molecule has 4 heterocycles. The van der Waals surface area contributed by atoms with Crippen LogP contribution in [0, 0.1) is 0 Å². The van der Waals surface area contributed by atoms with E-state index in [0.717, 1.165) is 16.0 Å². The molecular formula is C30H22N2O5S2. The number of pyridine rings is 1. The summed E-state index contributed by atoms with van der Waals surface area (Å²) in [4.78, 5) is 33.3. The van der Waals surface area contributed by atoms with E-state index in [-0.39, 0.29) is 16.8 Å². The first-order chi connectivity index (χ1) is 18.9. The van der Waals surface area contributed by atoms with Gasteiger partial charge >= 0.3 is 5.97 Å². The van der Waals surface area contributed by atoms with Gasteiger partial charge in [-0.15, -0.1) is 11.3 Å². The quantitative estimate of drug-likeness (QED) is 0.192. The maximum atomic E-state index is 14.0. The van der Waals surface area contributed by atoms with Crippen molar-refractivity contribution in [3.8, 4) is 0 Å². The molecule has 194 valence electrons. The summed E-state index contributed by atoms with van der Waals surface area (Å²) in [7, 11) is -3.85. The molecule has 9 heteroatoms. The van der Waals surface area contributed by atoms with Crippen LogP contribution in [0.5, 0.6) is 0 Å². The van der Waals surface area contributed by atoms with E-state index in [4.69, 9.17) is 4.74 Å². The number of fused-ring (bicyclic) bond motifs is 1. The fourth-order valence-corrected chi connectivity index (χ4v) is 7.65. The van der Waals surface area contributed by atoms with Crippen molar-refractivity contribution in [2.24, 2.45) is 0 Å². The number of carbonyl (C=O) groups is 2. The van der Waals surface area contributed by atoms with E-state index >= 15 is 0 Å². The highest BCUT2D eigenvalue weighted by atomic mass is 32.2. The molecule has 1 amide bonds. The predicted molar refractivity (Wildman–Crippen MR) is 149 cm³/mol. The van der Waals surface area contributed by atoms with E-state index in [9.17, 15) is 18.0 Å². The molecule has 0 bridgehead atoms. The van der Waals surface area contributed by atoms with Gasteiger partial charge in [0.05, 0.1) is 17.0 Å². The molecule has 2 aliphatic rings. The topological polar surface area (TPSA) is 93.6 Å². The number of carbonyl (C=O) groups excluding carboxylic acids is 2. The summed E-state index contributed by atoms with van der Waals surface area (Å²) in [6, 6.07) is 27.3. The highest BCUT2D eigenvalue weighted by Crippen LogP contribution is 2.45. The Morgan fingerprint density at radius 3 is 2.21 bits per heavy atom. The molecule has 0 N–H and O–H groups in total. The third kappa shape index (κ3) is 4.60. The molecule has 2 aromatic carbocycles. The molecule has 1 fully saturated rings. The summed E-state index contributed by atoms with van der Waals surface area (Å²) in [6.45, 7) is 0. The van der Waals surface area contributed by atoms with Gasteiger partial charge in [0.25, 0.3) is 5.91 Å². The van der Waals surface area contributed by atoms with Gasteiger partial charge in [0, 0.05) is 16.6 Å². The highest BCUT2D eigenvalue weighted by molar-refractivity contribution is 7.92. The van der Waals surface area contributed by atoms with Crippen molar-refractivity contribution in [1.29, 1.82) is 0 Å². The molecule has 1 saturated heterocycles. The van der Waals surface area contributed by atoms with Crippen molar-refractivity contribution in [2.45, 2.75) is 11.5 Å². The monoisotopic (exact) mass is 554 g/mol. The van der Waals surface area contributed by atoms with Crippen LogP contribution in [-0.4, -0.2) is 41.3 Å². The SMILES string of the molecule is O=C(OC(c1ccccc1)c1ccccc1)C1=C(c2cccs2)CS(=O)(=O)[C@@H]2/C(=C\c3ccccn3)C(=O)N12. The van der Waals surface area contributed by atoms with E-state index in [0.29, 0.717) is 10.6 Å². The summed E-state index contributed by atoms with van der Waals surface area (Å²) < 4.78 is 33.1. The average Bonchev–Trinajstić information content (AvgIpc) is 3.50. The number of hydrogen-bond donors (Lipinski definition) is 0. The number of hydrogen-bond acceptors (Lipinski definition) is 7. The van der Waals surface area contributed by atoms with Gasteiger partial charge in [-0.25, -0.2) is 13.2 Å². The van der Waals surface area contributed by atoms with Crippen molar-refractivity contribution in [3.63, 3.8) is 0 Å². The van der Waals surface area contributed by atoms with Gasteiger partial charge in [0.2, 0.25) is 0 Å². The molecule has 2 aliphatic heterocycles. The minimum absolute atomic E-state index is 0.0442. The first-order valence-electron chi connectivity index (χ1n) is 12.2. The standard InChI is InChI=1S/C30H22N2O5S2/c33-28-23(18-22-14-7-8-16-31-22)29-32(28)26(24(19-39(29,35)36)25-15-9-17-38-25)30(34)37-27(20-10-3-1-4-11-20)21-12-5-2-6-13-21/h1-18,27,29H,19H2/b23-18-/t29-/m1/s1. The number of rotatable bonds is 6. The zero-order chi connectivity index (χ0) is 27.0. The molecule has 6 rings (SSSR count). The number of thiophene rings is 1. The van der Waals surface area contributed by atoms with Gasteiger partial charge in [-0.2, -0.15) is 0 Å². The van der Waals surface area contributed by atoms with Crippen molar-refractivity contribution in [3.05, 3.63) is 136 Å². The number of β-lactam (4-membered cyclic amide) rings is 1. The lowest BCUT2D eigenvalue weighted by atomic mass is 9.99. The van der Waals surface area contributed by atoms with Crippen molar-refractivity contribution in [1.82, 2.24) is 9.88 Å². The minimum Gasteiger partial charge on any atom is -0.448 e. The van der Waals surface area contributed by atoms with Crippen LogP contribution in [0.1, 0.15) is 27.8 Å². The molecule has 0 aliphatic carbocycles. The third-order valence-electron chi connectivity index (χ3n) is 6.61. The Hall–Kier alpha value is -4.34. The van der Waals surface area contributed by atoms with E-state index in [1.165, 1.54) is 17.4 Å². The second-order valence-corrected chi connectivity index (χ2v) is 12.1. The van der Waals surface area contributed by atoms with Crippen LogP contribution in [-0.2, 0) is 24.2 Å². The van der Waals surface area contributed by atoms with Gasteiger partial charge in [-0.3, -0.25) is 14.7 Å². The Kier molecular flexibility index (Phi) is 6.46. The Bertz CT molecular complexity index is 1660. The normalized spacial score (nSPS) is 19.1. The van der Waals surface area contributed by atoms with Gasteiger partial charge in [-0.1, -0.05) is 72.8 Å². The summed E-state index contributed by atoms with van der Waals surface area (Å²) in [5, 5.41) is 0.510. The smallest absolute Gasteiger partial charge is 0.356 e. The Morgan fingerprint density at radius 1 is 0.949 bits per heavy atom. The van der Waals surface area contributed by atoms with Crippen LogP contribution in [0.4, 0.5) is 0 Å². The molecule has 1 atom stereocenters. The van der Waals surface area contributed by atoms with Gasteiger partial charge < -0.3 is 4.74 Å². The second kappa shape index (κ2) is 10.1. The van der Waals surface area contributed by atoms with Crippen molar-refractivity contribution < 1.29 is 22.7 Å². The van der Waals surface area contributed by atoms with Crippen LogP contribution >= 0.6 is 11.3 Å². The first-order valence-corrected chi connectivity index (χ1v) is 14.8. The molecule has 7 nitrogen and oxygen atoms in total. The van der Waals surface area contributed by atoms with Crippen LogP contribution in [0.15, 0.2) is 114 Å². The Balaban J connectivity index is 1.45. The number of esters is 1. The van der Waals surface area contributed by atoms with Gasteiger partial charge in [-0.05, 0) is 40.8 Å². The molecular weight excluding hydrogens is 532 g/mol. The fourth-order valence-electron chi connectivity index (χ4n) is 4.85. The molecule has 0 unspecified atom stereocenters. The summed E-state index contributed by atoms with van der Waals surface area (Å²) in [6.07, 6.45) is 2.28. The largest absolute Gasteiger partial charge is 0.448 e. The zero-order valence-corrected chi connectivity index (χ0v) is 22.1. The Morgan fingerprint density at radius 2 is 1.62 bits per heavy atom. The molecule has 39 heavy (non-hydrogen) atoms. The van der Waals surface area contributed by atoms with E-state index in [1.54, 1.807) is 41.9 Å². The predicted octanol–water partition coefficient (Wildman–Crippen LogP) is 4.87. The summed E-state index contributed by atoms with van der Waals surface area (Å²) in [5.41, 5.74) is 2.25. The van der Waals surface area contributed by atoms with Crippen LogP contribution < -0.4 is 0 Å². The lowest BCUT2D eigenvalue weighted by Gasteiger charge is -2.45. The van der Waals surface area contributed by atoms with Gasteiger partial charge in [0.1, 0.15) is 5.70 Å². The first kappa shape index (κ1) is 25.0. The van der Waals surface area contributed by atoms with Crippen LogP contribution in [0.2, 0.25) is 0 Å². The van der Waals surface area contributed by atoms with E-state index in [2.05, 4.69) is 4.98 Å². The van der Waals surface area contributed by atoms with Crippen molar-refractivity contribution in [2.75, 3.05) is 5.75 Å². The van der Waals surface area contributed by atoms with E-state index < -0.39 is 38.9 Å². The maximum Gasteiger partial charge on any atom is 0.356 e. The lowest BCUT2D eigenvalue weighted by Crippen LogP contribution is -2.62. The second-order valence-electron chi connectivity index (χ2n) is 9.10. The summed E-state index contributed by atoms with van der Waals surface area (Å²) >= 11 is 1.30. The fraction of sp³-hybridized carbons (Fsp3) is 0.100. The molecule has 4 aromatic rings. The number of benzene rings is 2. The molecule has 0 spiro atoms. The number of ether oxygens (including phenoxy) is 1. The van der Waals surface area contributed by atoms with Crippen LogP contribution in [0.3, 0.4) is 0 Å². The Labute approximate surface area is 229 Å². The molecule has 2 aromatic heterocycles. The third-order valence-corrected chi connectivity index (χ3v) is 9.38. The van der Waals surface area contributed by atoms with Crippen molar-refractivity contribution >= 4 is 44.7 Å². The number of amides is 1. The number of nitrogens with zero attached hydrogens (tertiary/aromatic N) is 2. The minimum atomic E-state index is -3.85. The highest BCUT2D eigenvalue weighted by Gasteiger charge is 2.57.